The molecule has 0 amide bonds. The van der Waals surface area contributed by atoms with Gasteiger partial charge in [0, 0.05) is 39.7 Å². The second-order valence-corrected chi connectivity index (χ2v) is 16.8. The number of rotatable bonds is 7. The van der Waals surface area contributed by atoms with Crippen LogP contribution in [0.1, 0.15) is 22.5 Å². The van der Waals surface area contributed by atoms with Crippen LogP contribution in [0.5, 0.6) is 11.5 Å². The van der Waals surface area contributed by atoms with E-state index >= 15 is 0 Å². The van der Waals surface area contributed by atoms with Crippen LogP contribution in [-0.4, -0.2) is 0 Å². The second-order valence-electron chi connectivity index (χ2n) is 16.8. The third-order valence-electron chi connectivity index (χ3n) is 13.3. The molecule has 1 atom stereocenters. The Hall–Kier alpha value is -8.60. The zero-order valence-electron chi connectivity index (χ0n) is 35.3. The minimum atomic E-state index is -0.883. The van der Waals surface area contributed by atoms with Crippen LogP contribution in [0.4, 0.5) is 34.1 Å². The van der Waals surface area contributed by atoms with E-state index in [9.17, 15) is 0 Å². The van der Waals surface area contributed by atoms with Gasteiger partial charge in [-0.1, -0.05) is 152 Å². The molecule has 2 heterocycles. The maximum absolute atomic E-state index is 7.19. The second kappa shape index (κ2) is 14.8. The highest BCUT2D eigenvalue weighted by Crippen LogP contribution is 2.65. The average Bonchev–Trinajstić information content (AvgIpc) is 3.88. The molecule has 1 aliphatic heterocycles. The minimum absolute atomic E-state index is 0.750. The SMILES string of the molecule is c1ccc(N(c2ccccc2)c2ccc3c(c2)C2(c4ccccc4Oc4c2oc2ccccc42)c2cc(N(c4ccccc4)c4cccc(-c5cccc6ccccc56)c4)ccc2-3)cc1. The summed E-state index contributed by atoms with van der Waals surface area (Å²) in [4.78, 5) is 4.72. The Balaban J connectivity index is 1.08. The predicted octanol–water partition coefficient (Wildman–Crippen LogP) is 16.7. The van der Waals surface area contributed by atoms with Crippen molar-refractivity contribution < 1.29 is 9.15 Å². The van der Waals surface area contributed by atoms with Crippen LogP contribution in [-0.2, 0) is 5.41 Å². The lowest BCUT2D eigenvalue weighted by molar-refractivity contribution is 0.389. The molecule has 10 aromatic carbocycles. The number of hydrogen-bond acceptors (Lipinski definition) is 4. The molecule has 0 radical (unpaired) electrons. The standard InChI is InChI=1S/C61H40N2O2/c1-4-21-43(22-5-1)62(44-23-6-2-7-24-44)47-34-36-51-52-37-35-48(63(45-25-8-3-9-26-45)46-27-16-20-42(38-46)50-30-17-19-41-18-10-11-28-49(41)50)40-56(52)61(55(51)39-47)54-31-13-15-33-58(54)64-59-53-29-12-14-32-57(53)65-60(59)61/h1-40H. The molecule has 1 aromatic heterocycles. The van der Waals surface area contributed by atoms with Gasteiger partial charge < -0.3 is 19.0 Å². The first-order valence-corrected chi connectivity index (χ1v) is 22.2. The average molecular weight is 833 g/mol. The molecule has 1 aliphatic carbocycles. The fraction of sp³-hybridized carbons (Fsp3) is 0.0164. The Morgan fingerprint density at radius 2 is 0.846 bits per heavy atom. The largest absolute Gasteiger partial charge is 0.455 e. The van der Waals surface area contributed by atoms with E-state index in [0.29, 0.717) is 0 Å². The molecule has 0 N–H and O–H groups in total. The highest BCUT2D eigenvalue weighted by atomic mass is 16.5. The van der Waals surface area contributed by atoms with Crippen molar-refractivity contribution in [3.8, 4) is 33.8 Å². The number of nitrogens with zero attached hydrogens (tertiary/aromatic N) is 2. The number of hydrogen-bond donors (Lipinski definition) is 0. The van der Waals surface area contributed by atoms with E-state index in [1.165, 1.54) is 16.3 Å². The predicted molar refractivity (Wildman–Crippen MR) is 266 cm³/mol. The van der Waals surface area contributed by atoms with Crippen LogP contribution < -0.4 is 14.5 Å². The molecular formula is C61H40N2O2. The summed E-state index contributed by atoms with van der Waals surface area (Å²) in [5, 5.41) is 3.40. The first-order chi connectivity index (χ1) is 32.2. The van der Waals surface area contributed by atoms with Crippen molar-refractivity contribution in [1.29, 1.82) is 0 Å². The highest BCUT2D eigenvalue weighted by molar-refractivity contribution is 5.99. The summed E-state index contributed by atoms with van der Waals surface area (Å²) in [5.74, 6) is 2.34. The molecular weight excluding hydrogens is 793 g/mol. The van der Waals surface area contributed by atoms with Crippen molar-refractivity contribution >= 4 is 55.9 Å². The summed E-state index contributed by atoms with van der Waals surface area (Å²) in [5.41, 5.74) is 14.2. The Morgan fingerprint density at radius 1 is 0.338 bits per heavy atom. The Morgan fingerprint density at radius 3 is 1.52 bits per heavy atom. The van der Waals surface area contributed by atoms with Crippen molar-refractivity contribution in [2.75, 3.05) is 9.80 Å². The number of benzene rings is 10. The van der Waals surface area contributed by atoms with Gasteiger partial charge in [0.15, 0.2) is 11.5 Å². The Labute approximate surface area is 377 Å². The van der Waals surface area contributed by atoms with Crippen LogP contribution >= 0.6 is 0 Å². The number of fused-ring (bicyclic) bond motifs is 12. The maximum atomic E-state index is 7.19. The quantitative estimate of drug-likeness (QED) is 0.160. The van der Waals surface area contributed by atoms with Gasteiger partial charge in [-0.2, -0.15) is 0 Å². The van der Waals surface area contributed by atoms with E-state index in [-0.39, 0.29) is 0 Å². The third kappa shape index (κ3) is 5.71. The summed E-state index contributed by atoms with van der Waals surface area (Å²) in [7, 11) is 0. The molecule has 306 valence electrons. The fourth-order valence-electron chi connectivity index (χ4n) is 10.5. The molecule has 2 aliphatic rings. The lowest BCUT2D eigenvalue weighted by atomic mass is 9.68. The lowest BCUT2D eigenvalue weighted by Gasteiger charge is -2.37. The van der Waals surface area contributed by atoms with Gasteiger partial charge in [0.05, 0.1) is 5.39 Å². The van der Waals surface area contributed by atoms with Crippen molar-refractivity contribution in [3.05, 3.63) is 265 Å². The van der Waals surface area contributed by atoms with Gasteiger partial charge in [0.2, 0.25) is 0 Å². The van der Waals surface area contributed by atoms with Gasteiger partial charge in [-0.3, -0.25) is 0 Å². The van der Waals surface area contributed by atoms with Gasteiger partial charge in [0.25, 0.3) is 0 Å². The van der Waals surface area contributed by atoms with Crippen LogP contribution in [0.25, 0.3) is 44.0 Å². The summed E-state index contributed by atoms with van der Waals surface area (Å²) >= 11 is 0. The van der Waals surface area contributed by atoms with Gasteiger partial charge in [-0.25, -0.2) is 0 Å². The first-order valence-electron chi connectivity index (χ1n) is 22.2. The first kappa shape index (κ1) is 37.0. The summed E-state index contributed by atoms with van der Waals surface area (Å²) < 4.78 is 14.1. The summed E-state index contributed by atoms with van der Waals surface area (Å²) in [6.45, 7) is 0. The van der Waals surface area contributed by atoms with E-state index < -0.39 is 5.41 Å². The molecule has 13 rings (SSSR count). The van der Waals surface area contributed by atoms with Gasteiger partial charge >= 0.3 is 0 Å². The van der Waals surface area contributed by atoms with Gasteiger partial charge in [-0.15, -0.1) is 0 Å². The third-order valence-corrected chi connectivity index (χ3v) is 13.3. The molecule has 11 aromatic rings. The van der Waals surface area contributed by atoms with E-state index in [1.807, 2.05) is 12.1 Å². The smallest absolute Gasteiger partial charge is 0.178 e. The molecule has 0 bridgehead atoms. The topological polar surface area (TPSA) is 28.9 Å². The normalized spacial score (nSPS) is 14.3. The van der Waals surface area contributed by atoms with Crippen LogP contribution in [0.2, 0.25) is 0 Å². The van der Waals surface area contributed by atoms with Crippen molar-refractivity contribution in [3.63, 3.8) is 0 Å². The number of anilines is 6. The molecule has 1 spiro atoms. The monoisotopic (exact) mass is 832 g/mol. The molecule has 4 heteroatoms. The van der Waals surface area contributed by atoms with Crippen molar-refractivity contribution in [2.24, 2.45) is 0 Å². The molecule has 65 heavy (non-hydrogen) atoms. The minimum Gasteiger partial charge on any atom is -0.455 e. The molecule has 0 saturated heterocycles. The fourth-order valence-corrected chi connectivity index (χ4v) is 10.5. The molecule has 0 saturated carbocycles. The highest BCUT2D eigenvalue weighted by Gasteiger charge is 2.55. The van der Waals surface area contributed by atoms with E-state index in [0.717, 1.165) is 95.7 Å². The lowest BCUT2D eigenvalue weighted by Crippen LogP contribution is -2.31. The van der Waals surface area contributed by atoms with E-state index in [1.54, 1.807) is 0 Å². The Bertz CT molecular complexity index is 3550. The van der Waals surface area contributed by atoms with Crippen LogP contribution in [0.15, 0.2) is 247 Å². The van der Waals surface area contributed by atoms with Gasteiger partial charge in [-0.05, 0) is 135 Å². The Kier molecular flexibility index (Phi) is 8.40. The van der Waals surface area contributed by atoms with Crippen molar-refractivity contribution in [2.45, 2.75) is 5.41 Å². The van der Waals surface area contributed by atoms with Crippen LogP contribution in [0.3, 0.4) is 0 Å². The summed E-state index contributed by atoms with van der Waals surface area (Å²) in [6.07, 6.45) is 0. The summed E-state index contributed by atoms with van der Waals surface area (Å²) in [6, 6.07) is 86.7. The van der Waals surface area contributed by atoms with E-state index in [4.69, 9.17) is 9.15 Å². The molecule has 1 unspecified atom stereocenters. The van der Waals surface area contributed by atoms with Crippen molar-refractivity contribution in [1.82, 2.24) is 0 Å². The van der Waals surface area contributed by atoms with E-state index in [2.05, 4.69) is 240 Å². The maximum Gasteiger partial charge on any atom is 0.178 e. The molecule has 0 fully saturated rings. The molecule has 4 nitrogen and oxygen atoms in total. The number of para-hydroxylation sites is 5. The zero-order valence-corrected chi connectivity index (χ0v) is 35.3. The van der Waals surface area contributed by atoms with Gasteiger partial charge in [0.1, 0.15) is 16.7 Å². The van der Waals surface area contributed by atoms with Crippen LogP contribution in [0, 0.1) is 0 Å². The number of furan rings is 1. The number of ether oxygens (including phenoxy) is 1. The zero-order chi connectivity index (χ0) is 42.9.